The van der Waals surface area contributed by atoms with Gasteiger partial charge in [-0.05, 0) is 0 Å². The van der Waals surface area contributed by atoms with Crippen molar-refractivity contribution < 1.29 is 52.7 Å². The molecule has 0 unspecified atom stereocenters. The maximum absolute atomic E-state index is 13.6. The highest BCUT2D eigenvalue weighted by molar-refractivity contribution is 5.64. The lowest BCUT2D eigenvalue weighted by molar-refractivity contribution is -0.463. The lowest BCUT2D eigenvalue weighted by Gasteiger charge is -2.56. The van der Waals surface area contributed by atoms with E-state index in [2.05, 4.69) is 0 Å². The van der Waals surface area contributed by atoms with Crippen LogP contribution in [0.3, 0.4) is 0 Å². The Morgan fingerprint density at radius 3 is 1.38 bits per heavy atom. The minimum atomic E-state index is -6.36. The fourth-order valence-corrected chi connectivity index (χ4v) is 2.09. The van der Waals surface area contributed by atoms with Gasteiger partial charge in [0.25, 0.3) is 11.7 Å². The van der Waals surface area contributed by atoms with Crippen molar-refractivity contribution in [1.29, 1.82) is 0 Å². The molecule has 2 aliphatic carbocycles. The Morgan fingerprint density at radius 2 is 1.05 bits per heavy atom. The number of allylic oxidation sites excluding steroid dienone is 3. The summed E-state index contributed by atoms with van der Waals surface area (Å²) in [5.74, 6) is -27.8. The van der Waals surface area contributed by atoms with Gasteiger partial charge >= 0.3 is 23.7 Å². The van der Waals surface area contributed by atoms with Crippen molar-refractivity contribution in [1.82, 2.24) is 0 Å². The van der Waals surface area contributed by atoms with E-state index < -0.39 is 52.4 Å². The second-order valence-corrected chi connectivity index (χ2v) is 4.28. The molecule has 21 heavy (non-hydrogen) atoms. The summed E-state index contributed by atoms with van der Waals surface area (Å²) in [5, 5.41) is 0. The molecule has 0 amide bonds. The summed E-state index contributed by atoms with van der Waals surface area (Å²) < 4.78 is 153. The van der Waals surface area contributed by atoms with E-state index >= 15 is 0 Å². The Labute approximate surface area is 106 Å². The SMILES string of the molecule is FC(F)=C1C(C2(F)C(F)(F)C(F)(F)C2(F)F)=C(F)C1(F)F. The lowest BCUT2D eigenvalue weighted by atomic mass is 9.60. The van der Waals surface area contributed by atoms with Gasteiger partial charge in [0.05, 0.1) is 5.57 Å². The van der Waals surface area contributed by atoms with Crippen LogP contribution in [0.5, 0.6) is 0 Å². The Morgan fingerprint density at radius 1 is 0.667 bits per heavy atom. The second kappa shape index (κ2) is 3.51. The topological polar surface area (TPSA) is 0 Å². The minimum absolute atomic E-state index is 3.09. The minimum Gasteiger partial charge on any atom is -0.224 e. The van der Waals surface area contributed by atoms with E-state index in [-0.39, 0.29) is 0 Å². The fourth-order valence-electron chi connectivity index (χ4n) is 2.09. The van der Waals surface area contributed by atoms with Crippen LogP contribution in [-0.4, -0.2) is 29.4 Å². The predicted molar refractivity (Wildman–Crippen MR) is 41.0 cm³/mol. The third-order valence-electron chi connectivity index (χ3n) is 3.25. The van der Waals surface area contributed by atoms with Crippen LogP contribution in [0.1, 0.15) is 0 Å². The van der Waals surface area contributed by atoms with Gasteiger partial charge in [0.15, 0.2) is 5.83 Å². The van der Waals surface area contributed by atoms with Gasteiger partial charge in [0.2, 0.25) is 0 Å². The molecular formula is C9F12. The zero-order valence-electron chi connectivity index (χ0n) is 9.04. The first kappa shape index (κ1) is 16.0. The summed E-state index contributed by atoms with van der Waals surface area (Å²) in [7, 11) is 0. The fraction of sp³-hybridized carbons (Fsp3) is 0.556. The molecule has 0 atom stereocenters. The molecule has 1 fully saturated rings. The molecule has 120 valence electrons. The summed E-state index contributed by atoms with van der Waals surface area (Å²) in [5.41, 5.74) is -12.2. The van der Waals surface area contributed by atoms with Crippen LogP contribution in [-0.2, 0) is 0 Å². The third-order valence-corrected chi connectivity index (χ3v) is 3.25. The zero-order valence-corrected chi connectivity index (χ0v) is 9.04. The summed E-state index contributed by atoms with van der Waals surface area (Å²) in [6, 6.07) is 0. The van der Waals surface area contributed by atoms with Crippen molar-refractivity contribution in [3.8, 4) is 0 Å². The lowest BCUT2D eigenvalue weighted by Crippen LogP contribution is -2.85. The quantitative estimate of drug-likeness (QED) is 0.612. The van der Waals surface area contributed by atoms with Gasteiger partial charge < -0.3 is 0 Å². The van der Waals surface area contributed by atoms with E-state index in [1.807, 2.05) is 0 Å². The van der Waals surface area contributed by atoms with Crippen LogP contribution in [0.25, 0.3) is 0 Å². The first-order valence-electron chi connectivity index (χ1n) is 4.77. The average Bonchev–Trinajstić information content (AvgIpc) is 2.31. The molecule has 12 heteroatoms. The predicted octanol–water partition coefficient (Wildman–Crippen LogP) is 4.64. The van der Waals surface area contributed by atoms with Crippen molar-refractivity contribution in [2.75, 3.05) is 0 Å². The first-order valence-corrected chi connectivity index (χ1v) is 4.77. The van der Waals surface area contributed by atoms with Crippen LogP contribution in [0, 0.1) is 0 Å². The van der Waals surface area contributed by atoms with Crippen LogP contribution >= 0.6 is 0 Å². The Balaban J connectivity index is 2.74. The molecule has 0 saturated heterocycles. The molecule has 0 nitrogen and oxygen atoms in total. The van der Waals surface area contributed by atoms with Crippen LogP contribution < -0.4 is 0 Å². The highest BCUT2D eigenvalue weighted by Crippen LogP contribution is 2.75. The summed E-state index contributed by atoms with van der Waals surface area (Å²) in [6.07, 6.45) is -3.64. The molecule has 0 aromatic heterocycles. The van der Waals surface area contributed by atoms with E-state index in [0.29, 0.717) is 0 Å². The Kier molecular flexibility index (Phi) is 2.68. The number of rotatable bonds is 1. The van der Waals surface area contributed by atoms with E-state index in [1.165, 1.54) is 0 Å². The number of alkyl halides is 9. The van der Waals surface area contributed by atoms with Gasteiger partial charge in [-0.1, -0.05) is 0 Å². The van der Waals surface area contributed by atoms with E-state index in [4.69, 9.17) is 0 Å². The van der Waals surface area contributed by atoms with Crippen molar-refractivity contribution in [2.45, 2.75) is 29.4 Å². The van der Waals surface area contributed by atoms with Gasteiger partial charge in [0.1, 0.15) is 5.57 Å². The molecule has 0 bridgehead atoms. The van der Waals surface area contributed by atoms with Gasteiger partial charge in [-0.15, -0.1) is 0 Å². The summed E-state index contributed by atoms with van der Waals surface area (Å²) in [6.45, 7) is 0. The first-order chi connectivity index (χ1) is 9.10. The smallest absolute Gasteiger partial charge is 0.224 e. The number of halogens is 12. The maximum Gasteiger partial charge on any atom is 0.379 e. The number of hydrogen-bond donors (Lipinski definition) is 0. The molecule has 2 rings (SSSR count). The highest BCUT2D eigenvalue weighted by Gasteiger charge is 3.02. The second-order valence-electron chi connectivity index (χ2n) is 4.28. The van der Waals surface area contributed by atoms with Crippen molar-refractivity contribution in [3.63, 3.8) is 0 Å². The molecule has 0 heterocycles. The molecule has 0 aromatic rings. The third kappa shape index (κ3) is 1.24. The van der Waals surface area contributed by atoms with Crippen molar-refractivity contribution >= 4 is 0 Å². The molecule has 0 aromatic carbocycles. The molecule has 1 saturated carbocycles. The van der Waals surface area contributed by atoms with Crippen LogP contribution in [0.15, 0.2) is 23.1 Å². The summed E-state index contributed by atoms with van der Waals surface area (Å²) in [4.78, 5) is 0. The van der Waals surface area contributed by atoms with Gasteiger partial charge in [-0.25, -0.2) is 8.78 Å². The molecular weight excluding hydrogens is 336 g/mol. The largest absolute Gasteiger partial charge is 0.379 e. The van der Waals surface area contributed by atoms with E-state index in [1.54, 1.807) is 0 Å². The normalized spacial score (nSPS) is 30.6. The molecule has 2 aliphatic rings. The molecule has 0 N–H and O–H groups in total. The Bertz CT molecular complexity index is 558. The highest BCUT2D eigenvalue weighted by atomic mass is 19.4. The van der Waals surface area contributed by atoms with Gasteiger partial charge in [-0.2, -0.15) is 43.9 Å². The zero-order chi connectivity index (χ0) is 16.8. The van der Waals surface area contributed by atoms with Gasteiger partial charge in [-0.3, -0.25) is 0 Å². The standard InChI is InChI=1S/C9F12/c10-3-1(2(4(11)12)5(3,13)14)6(15)7(16,17)9(20,21)8(6,18)19. The van der Waals surface area contributed by atoms with E-state index in [9.17, 15) is 52.7 Å². The molecule has 0 spiro atoms. The van der Waals surface area contributed by atoms with Crippen LogP contribution in [0.2, 0.25) is 0 Å². The van der Waals surface area contributed by atoms with Crippen molar-refractivity contribution in [3.05, 3.63) is 23.1 Å². The number of hydrogen-bond acceptors (Lipinski definition) is 0. The Hall–Kier alpha value is -1.36. The van der Waals surface area contributed by atoms with Crippen LogP contribution in [0.4, 0.5) is 52.7 Å². The molecule has 0 radical (unpaired) electrons. The molecule has 0 aliphatic heterocycles. The van der Waals surface area contributed by atoms with Gasteiger partial charge in [0, 0.05) is 0 Å². The average molecular weight is 336 g/mol. The summed E-state index contributed by atoms with van der Waals surface area (Å²) >= 11 is 0. The maximum atomic E-state index is 13.6. The van der Waals surface area contributed by atoms with Crippen molar-refractivity contribution in [2.24, 2.45) is 0 Å². The van der Waals surface area contributed by atoms with E-state index in [0.717, 1.165) is 0 Å². The monoisotopic (exact) mass is 336 g/mol.